The third-order valence-corrected chi connectivity index (χ3v) is 7.53. The second-order valence-corrected chi connectivity index (χ2v) is 8.80. The van der Waals surface area contributed by atoms with Crippen molar-refractivity contribution in [2.24, 2.45) is 0 Å². The molecule has 3 heteroatoms. The van der Waals surface area contributed by atoms with E-state index in [-0.39, 0.29) is 0 Å². The van der Waals surface area contributed by atoms with E-state index in [1.807, 2.05) is 6.07 Å². The minimum absolute atomic E-state index is 1.05. The molecular formula is C17H30O2Si. The smallest absolute Gasteiger partial charge is 0.371 e. The molecule has 0 radical (unpaired) electrons. The van der Waals surface area contributed by atoms with Gasteiger partial charge in [-0.1, -0.05) is 82.2 Å². The van der Waals surface area contributed by atoms with Crippen LogP contribution in [0.1, 0.15) is 51.9 Å². The van der Waals surface area contributed by atoms with Gasteiger partial charge in [0.05, 0.1) is 0 Å². The highest BCUT2D eigenvalue weighted by atomic mass is 28.4. The van der Waals surface area contributed by atoms with Gasteiger partial charge in [0, 0.05) is 14.2 Å². The molecule has 0 saturated heterocycles. The van der Waals surface area contributed by atoms with Gasteiger partial charge < -0.3 is 8.85 Å². The highest BCUT2D eigenvalue weighted by Gasteiger charge is 2.37. The molecule has 0 saturated carbocycles. The maximum atomic E-state index is 5.83. The Morgan fingerprint density at radius 3 is 1.90 bits per heavy atom. The SMILES string of the molecule is CCCCCCCCC[Si](OC)(OC)c1ccccc1. The number of hydrogen-bond donors (Lipinski definition) is 0. The van der Waals surface area contributed by atoms with Crippen LogP contribution in [-0.2, 0) is 8.85 Å². The molecule has 0 aliphatic carbocycles. The zero-order chi connectivity index (χ0) is 14.7. The molecule has 0 heterocycles. The first kappa shape index (κ1) is 17.4. The molecule has 0 aromatic heterocycles. The van der Waals surface area contributed by atoms with Crippen molar-refractivity contribution in [3.63, 3.8) is 0 Å². The van der Waals surface area contributed by atoms with Crippen molar-refractivity contribution in [2.75, 3.05) is 14.2 Å². The quantitative estimate of drug-likeness (QED) is 0.445. The van der Waals surface area contributed by atoms with E-state index >= 15 is 0 Å². The van der Waals surface area contributed by atoms with E-state index in [4.69, 9.17) is 8.85 Å². The van der Waals surface area contributed by atoms with Gasteiger partial charge in [0.1, 0.15) is 0 Å². The first-order valence-electron chi connectivity index (χ1n) is 7.95. The maximum absolute atomic E-state index is 5.83. The molecule has 1 aromatic carbocycles. The Hall–Kier alpha value is -0.643. The first-order chi connectivity index (χ1) is 9.79. The van der Waals surface area contributed by atoms with Gasteiger partial charge in [-0.3, -0.25) is 0 Å². The summed E-state index contributed by atoms with van der Waals surface area (Å²) in [6.07, 6.45) is 9.27. The van der Waals surface area contributed by atoms with Gasteiger partial charge in [-0.25, -0.2) is 0 Å². The van der Waals surface area contributed by atoms with Crippen molar-refractivity contribution in [2.45, 2.75) is 57.9 Å². The largest absolute Gasteiger partial charge is 0.394 e. The Kier molecular flexibility index (Phi) is 8.82. The molecule has 1 rings (SSSR count). The fraction of sp³-hybridized carbons (Fsp3) is 0.647. The molecule has 114 valence electrons. The van der Waals surface area contributed by atoms with Gasteiger partial charge in [0.2, 0.25) is 0 Å². The van der Waals surface area contributed by atoms with Crippen LogP contribution < -0.4 is 5.19 Å². The zero-order valence-corrected chi connectivity index (χ0v) is 14.4. The molecule has 0 aliphatic rings. The van der Waals surface area contributed by atoms with E-state index in [2.05, 4.69) is 31.2 Å². The van der Waals surface area contributed by atoms with Gasteiger partial charge >= 0.3 is 8.56 Å². The van der Waals surface area contributed by atoms with Crippen LogP contribution in [0.4, 0.5) is 0 Å². The van der Waals surface area contributed by atoms with Crippen LogP contribution in [-0.4, -0.2) is 22.8 Å². The van der Waals surface area contributed by atoms with Gasteiger partial charge in [-0.2, -0.15) is 0 Å². The van der Waals surface area contributed by atoms with E-state index in [1.165, 1.54) is 50.1 Å². The van der Waals surface area contributed by atoms with Crippen LogP contribution in [0.3, 0.4) is 0 Å². The summed E-state index contributed by atoms with van der Waals surface area (Å²) in [5, 5.41) is 1.25. The Morgan fingerprint density at radius 1 is 0.800 bits per heavy atom. The van der Waals surface area contributed by atoms with Crippen LogP contribution in [0.25, 0.3) is 0 Å². The van der Waals surface area contributed by atoms with Crippen molar-refractivity contribution in [1.82, 2.24) is 0 Å². The lowest BCUT2D eigenvalue weighted by Crippen LogP contribution is -2.52. The van der Waals surface area contributed by atoms with E-state index in [1.54, 1.807) is 14.2 Å². The molecule has 0 amide bonds. The Morgan fingerprint density at radius 2 is 1.35 bits per heavy atom. The van der Waals surface area contributed by atoms with Crippen LogP contribution in [0.5, 0.6) is 0 Å². The summed E-state index contributed by atoms with van der Waals surface area (Å²) in [6.45, 7) is 2.26. The van der Waals surface area contributed by atoms with E-state index in [9.17, 15) is 0 Å². The number of unbranched alkanes of at least 4 members (excludes halogenated alkanes) is 6. The number of rotatable bonds is 11. The van der Waals surface area contributed by atoms with Crippen LogP contribution >= 0.6 is 0 Å². The standard InChI is InChI=1S/C17H30O2Si/c1-4-5-6-7-8-9-13-16-20(18-2,19-3)17-14-11-10-12-15-17/h10-12,14-15H,4-9,13,16H2,1-3H3. The normalized spacial score (nSPS) is 11.8. The zero-order valence-electron chi connectivity index (χ0n) is 13.4. The Labute approximate surface area is 125 Å². The molecule has 20 heavy (non-hydrogen) atoms. The molecule has 1 aromatic rings. The number of hydrogen-bond acceptors (Lipinski definition) is 2. The van der Waals surface area contributed by atoms with Crippen molar-refractivity contribution >= 4 is 13.7 Å². The summed E-state index contributed by atoms with van der Waals surface area (Å²) in [5.41, 5.74) is 0. The average molecular weight is 295 g/mol. The molecule has 0 fully saturated rings. The van der Waals surface area contributed by atoms with Gasteiger partial charge in [-0.05, 0) is 11.2 Å². The summed E-state index contributed by atoms with van der Waals surface area (Å²) in [5.74, 6) is 0. The van der Waals surface area contributed by atoms with Crippen LogP contribution in [0.2, 0.25) is 6.04 Å². The van der Waals surface area contributed by atoms with E-state index in [0.29, 0.717) is 0 Å². The fourth-order valence-electron chi connectivity index (χ4n) is 2.67. The molecule has 0 bridgehead atoms. The van der Waals surface area contributed by atoms with Gasteiger partial charge in [-0.15, -0.1) is 0 Å². The van der Waals surface area contributed by atoms with Crippen LogP contribution in [0, 0.1) is 0 Å². The van der Waals surface area contributed by atoms with Crippen LogP contribution in [0.15, 0.2) is 30.3 Å². The lowest BCUT2D eigenvalue weighted by atomic mass is 10.1. The summed E-state index contributed by atoms with van der Waals surface area (Å²) in [7, 11) is 1.40. The highest BCUT2D eigenvalue weighted by molar-refractivity contribution is 6.81. The summed E-state index contributed by atoms with van der Waals surface area (Å²) in [6, 6.07) is 11.5. The lowest BCUT2D eigenvalue weighted by Gasteiger charge is -2.27. The van der Waals surface area contributed by atoms with Gasteiger partial charge in [0.25, 0.3) is 0 Å². The molecule has 2 nitrogen and oxygen atoms in total. The minimum Gasteiger partial charge on any atom is -0.394 e. The summed E-state index contributed by atoms with van der Waals surface area (Å²) >= 11 is 0. The lowest BCUT2D eigenvalue weighted by molar-refractivity contribution is 0.256. The van der Waals surface area contributed by atoms with Crippen molar-refractivity contribution in [3.8, 4) is 0 Å². The van der Waals surface area contributed by atoms with E-state index in [0.717, 1.165) is 6.04 Å². The number of benzene rings is 1. The average Bonchev–Trinajstić information content (AvgIpc) is 2.52. The molecular weight excluding hydrogens is 264 g/mol. The summed E-state index contributed by atoms with van der Waals surface area (Å²) < 4.78 is 11.7. The topological polar surface area (TPSA) is 18.5 Å². The Balaban J connectivity index is 2.40. The van der Waals surface area contributed by atoms with Crippen molar-refractivity contribution in [1.29, 1.82) is 0 Å². The fourth-order valence-corrected chi connectivity index (χ4v) is 5.43. The highest BCUT2D eigenvalue weighted by Crippen LogP contribution is 2.18. The van der Waals surface area contributed by atoms with Crippen molar-refractivity contribution < 1.29 is 8.85 Å². The molecule has 0 unspecified atom stereocenters. The molecule has 0 aliphatic heterocycles. The van der Waals surface area contributed by atoms with E-state index < -0.39 is 8.56 Å². The predicted octanol–water partition coefficient (Wildman–Crippen LogP) is 4.38. The minimum atomic E-state index is -2.19. The maximum Gasteiger partial charge on any atom is 0.371 e. The monoisotopic (exact) mass is 294 g/mol. The second-order valence-electron chi connectivity index (χ2n) is 5.40. The first-order valence-corrected chi connectivity index (χ1v) is 9.97. The molecule has 0 spiro atoms. The third-order valence-electron chi connectivity index (χ3n) is 3.98. The molecule has 0 atom stereocenters. The summed E-state index contributed by atoms with van der Waals surface area (Å²) in [4.78, 5) is 0. The second kappa shape index (κ2) is 10.1. The predicted molar refractivity (Wildman–Crippen MR) is 88.6 cm³/mol. The van der Waals surface area contributed by atoms with Crippen molar-refractivity contribution in [3.05, 3.63) is 30.3 Å². The Bertz CT molecular complexity index is 336. The third kappa shape index (κ3) is 5.39. The molecule has 0 N–H and O–H groups in total. The van der Waals surface area contributed by atoms with Gasteiger partial charge in [0.15, 0.2) is 0 Å².